The van der Waals surface area contributed by atoms with E-state index in [1.54, 1.807) is 0 Å². The molecule has 1 aromatic rings. The normalized spacial score (nSPS) is 9.50. The highest BCUT2D eigenvalue weighted by Gasteiger charge is 1.93. The van der Waals surface area contributed by atoms with Crippen LogP contribution in [0.1, 0.15) is 12.5 Å². The Kier molecular flexibility index (Phi) is 2.92. The Morgan fingerprint density at radius 1 is 1.50 bits per heavy atom. The molecule has 0 amide bonds. The molecule has 0 atom stereocenters. The van der Waals surface area contributed by atoms with Crippen LogP contribution >= 0.6 is 0 Å². The molecule has 0 aliphatic rings. The molecule has 0 saturated heterocycles. The van der Waals surface area contributed by atoms with Crippen molar-refractivity contribution >= 4 is 5.69 Å². The van der Waals surface area contributed by atoms with Crippen LogP contribution in [0.15, 0.2) is 36.4 Å². The first-order valence-corrected chi connectivity index (χ1v) is 4.13. The van der Waals surface area contributed by atoms with Crippen molar-refractivity contribution in [3.8, 4) is 0 Å². The van der Waals surface area contributed by atoms with Gasteiger partial charge in [-0.15, -0.1) is 0 Å². The second kappa shape index (κ2) is 3.96. The molecular weight excluding hydrogens is 146 g/mol. The SMILES string of the molecule is C=C(C)Cc1cccc(NC)c1. The summed E-state index contributed by atoms with van der Waals surface area (Å²) in [6.07, 6.45) is 0.968. The van der Waals surface area contributed by atoms with Crippen LogP contribution in [0, 0.1) is 0 Å². The Labute approximate surface area is 74.1 Å². The molecule has 0 aromatic heterocycles. The zero-order chi connectivity index (χ0) is 8.97. The fraction of sp³-hybridized carbons (Fsp3) is 0.273. The van der Waals surface area contributed by atoms with Crippen LogP contribution in [0.25, 0.3) is 0 Å². The van der Waals surface area contributed by atoms with E-state index >= 15 is 0 Å². The van der Waals surface area contributed by atoms with E-state index in [4.69, 9.17) is 0 Å². The van der Waals surface area contributed by atoms with Crippen LogP contribution in [-0.2, 0) is 6.42 Å². The first-order chi connectivity index (χ1) is 5.72. The smallest absolute Gasteiger partial charge is 0.0340 e. The van der Waals surface area contributed by atoms with E-state index in [-0.39, 0.29) is 0 Å². The van der Waals surface area contributed by atoms with Gasteiger partial charge in [-0.1, -0.05) is 24.3 Å². The van der Waals surface area contributed by atoms with Crippen LogP contribution < -0.4 is 5.32 Å². The van der Waals surface area contributed by atoms with Crippen molar-refractivity contribution in [2.45, 2.75) is 13.3 Å². The molecular formula is C11H15N. The van der Waals surface area contributed by atoms with Gasteiger partial charge in [0.15, 0.2) is 0 Å². The van der Waals surface area contributed by atoms with Crippen molar-refractivity contribution < 1.29 is 0 Å². The summed E-state index contributed by atoms with van der Waals surface area (Å²) >= 11 is 0. The molecule has 0 saturated carbocycles. The summed E-state index contributed by atoms with van der Waals surface area (Å²) in [6, 6.07) is 8.39. The van der Waals surface area contributed by atoms with Gasteiger partial charge < -0.3 is 5.32 Å². The summed E-state index contributed by atoms with van der Waals surface area (Å²) in [7, 11) is 1.93. The lowest BCUT2D eigenvalue weighted by Gasteiger charge is -2.03. The second-order valence-corrected chi connectivity index (χ2v) is 3.08. The van der Waals surface area contributed by atoms with E-state index < -0.39 is 0 Å². The second-order valence-electron chi connectivity index (χ2n) is 3.08. The maximum absolute atomic E-state index is 3.89. The van der Waals surface area contributed by atoms with E-state index in [0.29, 0.717) is 0 Å². The zero-order valence-corrected chi connectivity index (χ0v) is 7.72. The minimum atomic E-state index is 0.968. The lowest BCUT2D eigenvalue weighted by molar-refractivity contribution is 1.15. The number of rotatable bonds is 3. The largest absolute Gasteiger partial charge is 0.388 e. The van der Waals surface area contributed by atoms with E-state index in [2.05, 4.69) is 36.2 Å². The van der Waals surface area contributed by atoms with Crippen molar-refractivity contribution in [2.24, 2.45) is 0 Å². The molecule has 0 aliphatic carbocycles. The molecule has 0 unspecified atom stereocenters. The highest BCUT2D eigenvalue weighted by atomic mass is 14.8. The molecule has 0 radical (unpaired) electrons. The number of allylic oxidation sites excluding steroid dienone is 1. The Balaban J connectivity index is 2.79. The Morgan fingerprint density at radius 3 is 2.83 bits per heavy atom. The van der Waals surface area contributed by atoms with Crippen molar-refractivity contribution in [1.82, 2.24) is 0 Å². The van der Waals surface area contributed by atoms with Gasteiger partial charge in [-0.3, -0.25) is 0 Å². The molecule has 0 bridgehead atoms. The van der Waals surface area contributed by atoms with Crippen LogP contribution in [0.4, 0.5) is 5.69 Å². The summed E-state index contributed by atoms with van der Waals surface area (Å²) in [5, 5.41) is 3.11. The van der Waals surface area contributed by atoms with Gasteiger partial charge in [0.1, 0.15) is 0 Å². The molecule has 0 aliphatic heterocycles. The molecule has 64 valence electrons. The van der Waals surface area contributed by atoms with E-state index in [1.165, 1.54) is 11.1 Å². The first kappa shape index (κ1) is 8.85. The third kappa shape index (κ3) is 2.42. The zero-order valence-electron chi connectivity index (χ0n) is 7.72. The van der Waals surface area contributed by atoms with Crippen molar-refractivity contribution in [2.75, 3.05) is 12.4 Å². The molecule has 1 N–H and O–H groups in total. The van der Waals surface area contributed by atoms with Gasteiger partial charge >= 0.3 is 0 Å². The summed E-state index contributed by atoms with van der Waals surface area (Å²) in [4.78, 5) is 0. The standard InChI is InChI=1S/C11H15N/c1-9(2)7-10-5-4-6-11(8-10)12-3/h4-6,8,12H,1,7H2,2-3H3. The van der Waals surface area contributed by atoms with Crippen LogP contribution in [0.3, 0.4) is 0 Å². The van der Waals surface area contributed by atoms with Crippen molar-refractivity contribution in [1.29, 1.82) is 0 Å². The first-order valence-electron chi connectivity index (χ1n) is 4.13. The Bertz CT molecular complexity index is 276. The molecule has 1 nitrogen and oxygen atoms in total. The summed E-state index contributed by atoms with van der Waals surface area (Å²) in [5.41, 5.74) is 3.67. The molecule has 1 heteroatoms. The summed E-state index contributed by atoms with van der Waals surface area (Å²) in [6.45, 7) is 5.93. The van der Waals surface area contributed by atoms with Gasteiger partial charge in [-0.05, 0) is 31.0 Å². The molecule has 1 rings (SSSR count). The fourth-order valence-corrected chi connectivity index (χ4v) is 1.19. The maximum Gasteiger partial charge on any atom is 0.0340 e. The lowest BCUT2D eigenvalue weighted by Crippen LogP contribution is -1.90. The van der Waals surface area contributed by atoms with E-state index in [9.17, 15) is 0 Å². The van der Waals surface area contributed by atoms with Crippen molar-refractivity contribution in [3.63, 3.8) is 0 Å². The van der Waals surface area contributed by atoms with Gasteiger partial charge in [-0.2, -0.15) is 0 Å². The number of nitrogens with one attached hydrogen (secondary N) is 1. The lowest BCUT2D eigenvalue weighted by atomic mass is 10.1. The third-order valence-electron chi connectivity index (χ3n) is 1.72. The van der Waals surface area contributed by atoms with Gasteiger partial charge in [0.25, 0.3) is 0 Å². The number of hydrogen-bond acceptors (Lipinski definition) is 1. The summed E-state index contributed by atoms with van der Waals surface area (Å²) < 4.78 is 0. The monoisotopic (exact) mass is 161 g/mol. The van der Waals surface area contributed by atoms with Crippen molar-refractivity contribution in [3.05, 3.63) is 42.0 Å². The van der Waals surface area contributed by atoms with Gasteiger partial charge in [-0.25, -0.2) is 0 Å². The highest BCUT2D eigenvalue weighted by molar-refractivity contribution is 5.45. The minimum absolute atomic E-state index is 0.968. The topological polar surface area (TPSA) is 12.0 Å². The number of benzene rings is 1. The Morgan fingerprint density at radius 2 is 2.25 bits per heavy atom. The van der Waals surface area contributed by atoms with Gasteiger partial charge in [0.05, 0.1) is 0 Å². The van der Waals surface area contributed by atoms with Crippen LogP contribution in [0.2, 0.25) is 0 Å². The number of anilines is 1. The average Bonchev–Trinajstić information content (AvgIpc) is 2.03. The van der Waals surface area contributed by atoms with Gasteiger partial charge in [0.2, 0.25) is 0 Å². The van der Waals surface area contributed by atoms with E-state index in [0.717, 1.165) is 12.1 Å². The Hall–Kier alpha value is -1.24. The molecule has 0 spiro atoms. The maximum atomic E-state index is 3.89. The molecule has 0 heterocycles. The average molecular weight is 161 g/mol. The summed E-state index contributed by atoms with van der Waals surface area (Å²) in [5.74, 6) is 0. The number of hydrogen-bond donors (Lipinski definition) is 1. The predicted molar refractivity (Wildman–Crippen MR) is 54.5 cm³/mol. The molecule has 1 aromatic carbocycles. The molecule has 0 fully saturated rings. The van der Waals surface area contributed by atoms with Crippen LogP contribution in [-0.4, -0.2) is 7.05 Å². The predicted octanol–water partition coefficient (Wildman–Crippen LogP) is 2.85. The van der Waals surface area contributed by atoms with E-state index in [1.807, 2.05) is 14.0 Å². The van der Waals surface area contributed by atoms with Crippen LogP contribution in [0.5, 0.6) is 0 Å². The quantitative estimate of drug-likeness (QED) is 0.672. The van der Waals surface area contributed by atoms with Gasteiger partial charge in [0, 0.05) is 12.7 Å². The molecule has 12 heavy (non-hydrogen) atoms. The third-order valence-corrected chi connectivity index (χ3v) is 1.72. The minimum Gasteiger partial charge on any atom is -0.388 e. The highest BCUT2D eigenvalue weighted by Crippen LogP contribution is 2.12. The fourth-order valence-electron chi connectivity index (χ4n) is 1.19.